The number of carbonyl (C=O) groups excluding carboxylic acids is 2. The average molecular weight is 363 g/mol. The van der Waals surface area contributed by atoms with Crippen LogP contribution in [-0.2, 0) is 19.1 Å². The van der Waals surface area contributed by atoms with Gasteiger partial charge in [-0.2, -0.15) is 0 Å². The van der Waals surface area contributed by atoms with Gasteiger partial charge in [0, 0.05) is 0 Å². The van der Waals surface area contributed by atoms with Gasteiger partial charge in [0.25, 0.3) is 0 Å². The SMILES string of the molecule is CCCCC/C=C/OC(=O)C1CC=CCC1C(=O)O/C=C/CCCCC. The van der Waals surface area contributed by atoms with E-state index in [9.17, 15) is 9.59 Å². The zero-order valence-electron chi connectivity index (χ0n) is 16.3. The second kappa shape index (κ2) is 14.3. The highest BCUT2D eigenvalue weighted by Crippen LogP contribution is 2.28. The number of allylic oxidation sites excluding steroid dienone is 4. The zero-order valence-corrected chi connectivity index (χ0v) is 16.3. The van der Waals surface area contributed by atoms with Crippen LogP contribution in [0.2, 0.25) is 0 Å². The van der Waals surface area contributed by atoms with Crippen molar-refractivity contribution in [2.75, 3.05) is 0 Å². The van der Waals surface area contributed by atoms with E-state index in [2.05, 4.69) is 13.8 Å². The molecule has 0 aromatic heterocycles. The van der Waals surface area contributed by atoms with Crippen LogP contribution < -0.4 is 0 Å². The van der Waals surface area contributed by atoms with Gasteiger partial charge < -0.3 is 9.47 Å². The molecule has 0 radical (unpaired) electrons. The van der Waals surface area contributed by atoms with Crippen LogP contribution in [0.3, 0.4) is 0 Å². The minimum absolute atomic E-state index is 0.352. The molecule has 2 unspecified atom stereocenters. The van der Waals surface area contributed by atoms with Crippen molar-refractivity contribution >= 4 is 11.9 Å². The lowest BCUT2D eigenvalue weighted by Gasteiger charge is -2.23. The zero-order chi connectivity index (χ0) is 19.0. The van der Waals surface area contributed by atoms with Gasteiger partial charge in [-0.3, -0.25) is 9.59 Å². The first-order valence-corrected chi connectivity index (χ1v) is 10.1. The summed E-state index contributed by atoms with van der Waals surface area (Å²) in [5.41, 5.74) is 0. The van der Waals surface area contributed by atoms with Crippen molar-refractivity contribution in [2.24, 2.45) is 11.8 Å². The predicted molar refractivity (Wildman–Crippen MR) is 104 cm³/mol. The van der Waals surface area contributed by atoms with Gasteiger partial charge in [0.15, 0.2) is 0 Å². The molecule has 1 rings (SSSR count). The average Bonchev–Trinajstić information content (AvgIpc) is 2.67. The van der Waals surface area contributed by atoms with Crippen molar-refractivity contribution < 1.29 is 19.1 Å². The molecule has 0 aliphatic heterocycles. The van der Waals surface area contributed by atoms with E-state index in [4.69, 9.17) is 9.47 Å². The molecule has 4 nitrogen and oxygen atoms in total. The lowest BCUT2D eigenvalue weighted by molar-refractivity contribution is -0.154. The molecular weight excluding hydrogens is 328 g/mol. The monoisotopic (exact) mass is 362 g/mol. The summed E-state index contributed by atoms with van der Waals surface area (Å²) in [6, 6.07) is 0. The molecule has 0 amide bonds. The topological polar surface area (TPSA) is 52.6 Å². The summed E-state index contributed by atoms with van der Waals surface area (Å²) in [5.74, 6) is -1.65. The summed E-state index contributed by atoms with van der Waals surface area (Å²) in [7, 11) is 0. The third-order valence-corrected chi connectivity index (χ3v) is 4.55. The van der Waals surface area contributed by atoms with Crippen molar-refractivity contribution in [3.05, 3.63) is 36.8 Å². The Kier molecular flexibility index (Phi) is 12.2. The highest BCUT2D eigenvalue weighted by molar-refractivity contribution is 5.83. The number of ether oxygens (including phenoxy) is 2. The Balaban J connectivity index is 2.43. The fraction of sp³-hybridized carbons (Fsp3) is 0.636. The number of unbranched alkanes of at least 4 members (excludes halogenated alkanes) is 6. The van der Waals surface area contributed by atoms with Crippen molar-refractivity contribution in [1.29, 1.82) is 0 Å². The van der Waals surface area contributed by atoms with Crippen LogP contribution in [0.1, 0.15) is 78.1 Å². The Morgan fingerprint density at radius 2 is 1.23 bits per heavy atom. The molecule has 146 valence electrons. The largest absolute Gasteiger partial charge is 0.435 e. The van der Waals surface area contributed by atoms with Gasteiger partial charge in [-0.05, 0) is 50.7 Å². The molecule has 0 fully saturated rings. The summed E-state index contributed by atoms with van der Waals surface area (Å²) in [5, 5.41) is 0. The predicted octanol–water partition coefficient (Wildman–Crippen LogP) is 5.84. The Hall–Kier alpha value is -1.84. The molecule has 1 aliphatic rings. The Labute approximate surface area is 158 Å². The molecule has 0 aromatic carbocycles. The Bertz CT molecular complexity index is 446. The van der Waals surface area contributed by atoms with E-state index in [0.717, 1.165) is 25.7 Å². The molecule has 0 saturated carbocycles. The van der Waals surface area contributed by atoms with Gasteiger partial charge in [-0.25, -0.2) is 0 Å². The quantitative estimate of drug-likeness (QED) is 0.189. The summed E-state index contributed by atoms with van der Waals surface area (Å²) >= 11 is 0. The summed E-state index contributed by atoms with van der Waals surface area (Å²) < 4.78 is 10.5. The third kappa shape index (κ3) is 9.02. The van der Waals surface area contributed by atoms with Crippen molar-refractivity contribution in [3.8, 4) is 0 Å². The fourth-order valence-corrected chi connectivity index (χ4v) is 2.90. The van der Waals surface area contributed by atoms with Crippen LogP contribution in [-0.4, -0.2) is 11.9 Å². The number of carbonyl (C=O) groups is 2. The number of rotatable bonds is 12. The fourth-order valence-electron chi connectivity index (χ4n) is 2.90. The van der Waals surface area contributed by atoms with Crippen LogP contribution in [0.15, 0.2) is 36.8 Å². The summed E-state index contributed by atoms with van der Waals surface area (Å²) in [4.78, 5) is 24.6. The van der Waals surface area contributed by atoms with E-state index in [1.807, 2.05) is 24.3 Å². The molecular formula is C22H34O4. The van der Waals surface area contributed by atoms with Gasteiger partial charge in [0.1, 0.15) is 0 Å². The van der Waals surface area contributed by atoms with Gasteiger partial charge in [0.05, 0.1) is 24.4 Å². The maximum absolute atomic E-state index is 12.3. The molecule has 0 N–H and O–H groups in total. The van der Waals surface area contributed by atoms with Crippen LogP contribution in [0.4, 0.5) is 0 Å². The standard InChI is InChI=1S/C22H34O4/c1-3-5-7-9-13-17-25-21(23)19-15-11-12-16-20(19)22(24)26-18-14-10-8-6-4-2/h11-14,17-20H,3-10,15-16H2,1-2H3/b17-13+,18-14+. The minimum Gasteiger partial charge on any atom is -0.435 e. The van der Waals surface area contributed by atoms with E-state index in [1.165, 1.54) is 38.2 Å². The Morgan fingerprint density at radius 1 is 0.808 bits per heavy atom. The number of hydrogen-bond acceptors (Lipinski definition) is 4. The van der Waals surface area contributed by atoms with Crippen molar-refractivity contribution in [2.45, 2.75) is 78.1 Å². The second-order valence-corrected chi connectivity index (χ2v) is 6.76. The van der Waals surface area contributed by atoms with E-state index < -0.39 is 11.8 Å². The number of esters is 2. The minimum atomic E-state index is -0.471. The van der Waals surface area contributed by atoms with Crippen molar-refractivity contribution in [1.82, 2.24) is 0 Å². The van der Waals surface area contributed by atoms with E-state index in [1.54, 1.807) is 0 Å². The molecule has 1 aliphatic carbocycles. The van der Waals surface area contributed by atoms with Crippen LogP contribution in [0.25, 0.3) is 0 Å². The molecule has 0 saturated heterocycles. The van der Waals surface area contributed by atoms with Crippen LogP contribution >= 0.6 is 0 Å². The van der Waals surface area contributed by atoms with E-state index in [0.29, 0.717) is 12.8 Å². The van der Waals surface area contributed by atoms with E-state index >= 15 is 0 Å². The molecule has 2 atom stereocenters. The van der Waals surface area contributed by atoms with Crippen molar-refractivity contribution in [3.63, 3.8) is 0 Å². The summed E-state index contributed by atoms with van der Waals surface area (Å²) in [6.45, 7) is 4.31. The first-order chi connectivity index (χ1) is 12.7. The highest BCUT2D eigenvalue weighted by Gasteiger charge is 2.35. The lowest BCUT2D eigenvalue weighted by atomic mass is 9.83. The van der Waals surface area contributed by atoms with Gasteiger partial charge in [-0.15, -0.1) is 0 Å². The van der Waals surface area contributed by atoms with Gasteiger partial charge in [0.2, 0.25) is 0 Å². The third-order valence-electron chi connectivity index (χ3n) is 4.55. The summed E-state index contributed by atoms with van der Waals surface area (Å²) in [6.07, 6.45) is 20.2. The molecule has 0 heterocycles. The van der Waals surface area contributed by atoms with E-state index in [-0.39, 0.29) is 11.9 Å². The lowest BCUT2D eigenvalue weighted by Crippen LogP contribution is -2.32. The van der Waals surface area contributed by atoms with Crippen LogP contribution in [0.5, 0.6) is 0 Å². The molecule has 0 aromatic rings. The molecule has 0 spiro atoms. The maximum Gasteiger partial charge on any atom is 0.314 e. The van der Waals surface area contributed by atoms with Gasteiger partial charge >= 0.3 is 11.9 Å². The maximum atomic E-state index is 12.3. The second-order valence-electron chi connectivity index (χ2n) is 6.76. The Morgan fingerprint density at radius 3 is 1.62 bits per heavy atom. The molecule has 26 heavy (non-hydrogen) atoms. The van der Waals surface area contributed by atoms with Crippen LogP contribution in [0, 0.1) is 11.8 Å². The first-order valence-electron chi connectivity index (χ1n) is 10.1. The highest BCUT2D eigenvalue weighted by atomic mass is 16.5. The van der Waals surface area contributed by atoms with Gasteiger partial charge in [-0.1, -0.05) is 51.7 Å². The molecule has 4 heteroatoms. The first kappa shape index (κ1) is 22.2. The molecule has 0 bridgehead atoms. The number of hydrogen-bond donors (Lipinski definition) is 0. The normalized spacial score (nSPS) is 19.9. The smallest absolute Gasteiger partial charge is 0.314 e.